The highest BCUT2D eigenvalue weighted by molar-refractivity contribution is 6.11. The van der Waals surface area contributed by atoms with Crippen molar-refractivity contribution in [2.24, 2.45) is 5.92 Å². The van der Waals surface area contributed by atoms with Gasteiger partial charge in [-0.1, -0.05) is 12.1 Å². The molecule has 0 saturated heterocycles. The van der Waals surface area contributed by atoms with E-state index in [9.17, 15) is 18.8 Å². The van der Waals surface area contributed by atoms with Crippen LogP contribution in [0.25, 0.3) is 0 Å². The van der Waals surface area contributed by atoms with E-state index < -0.39 is 30.2 Å². The number of likely N-dealkylation sites (N-methyl/N-ethyl adjacent to an activating group) is 1. The number of carbonyl (C=O) groups excluding carboxylic acids is 3. The van der Waals surface area contributed by atoms with E-state index in [-0.39, 0.29) is 23.9 Å². The number of methoxy groups -OCH3 is 1. The first-order chi connectivity index (χ1) is 12.9. The zero-order valence-electron chi connectivity index (χ0n) is 15.1. The SMILES string of the molecule is COC(=O)c1ccc(C2C3=C(OC4CCC(F)CC4C3=O)C(=O)N2C)cc1. The third-order valence-electron chi connectivity index (χ3n) is 5.66. The molecule has 0 aromatic heterocycles. The van der Waals surface area contributed by atoms with Gasteiger partial charge in [0.25, 0.3) is 5.91 Å². The van der Waals surface area contributed by atoms with Gasteiger partial charge in [-0.3, -0.25) is 9.59 Å². The largest absolute Gasteiger partial charge is 0.483 e. The highest BCUT2D eigenvalue weighted by atomic mass is 19.1. The number of hydrogen-bond donors (Lipinski definition) is 0. The van der Waals surface area contributed by atoms with Crippen LogP contribution < -0.4 is 0 Å². The Hall–Kier alpha value is -2.70. The van der Waals surface area contributed by atoms with Gasteiger partial charge in [0.2, 0.25) is 0 Å². The molecule has 4 unspecified atom stereocenters. The quantitative estimate of drug-likeness (QED) is 0.744. The molecule has 0 spiro atoms. The van der Waals surface area contributed by atoms with E-state index >= 15 is 0 Å². The first-order valence-corrected chi connectivity index (χ1v) is 8.97. The van der Waals surface area contributed by atoms with Crippen LogP contribution >= 0.6 is 0 Å². The molecule has 6 nitrogen and oxygen atoms in total. The van der Waals surface area contributed by atoms with E-state index in [2.05, 4.69) is 4.74 Å². The molecule has 0 radical (unpaired) electrons. The summed E-state index contributed by atoms with van der Waals surface area (Å²) in [6, 6.07) is 5.96. The second-order valence-corrected chi connectivity index (χ2v) is 7.21. The fourth-order valence-electron chi connectivity index (χ4n) is 4.24. The van der Waals surface area contributed by atoms with Gasteiger partial charge in [0.05, 0.1) is 30.2 Å². The summed E-state index contributed by atoms with van der Waals surface area (Å²) < 4.78 is 24.4. The van der Waals surface area contributed by atoms with E-state index in [1.807, 2.05) is 0 Å². The summed E-state index contributed by atoms with van der Waals surface area (Å²) in [5.74, 6) is -1.48. The monoisotopic (exact) mass is 373 g/mol. The lowest BCUT2D eigenvalue weighted by Crippen LogP contribution is -2.42. The molecule has 27 heavy (non-hydrogen) atoms. The smallest absolute Gasteiger partial charge is 0.337 e. The lowest BCUT2D eigenvalue weighted by Gasteiger charge is -2.36. The van der Waals surface area contributed by atoms with Crippen molar-refractivity contribution in [3.63, 3.8) is 0 Å². The average molecular weight is 373 g/mol. The van der Waals surface area contributed by atoms with Crippen LogP contribution in [0.3, 0.4) is 0 Å². The van der Waals surface area contributed by atoms with Gasteiger partial charge >= 0.3 is 5.97 Å². The maximum Gasteiger partial charge on any atom is 0.337 e. The number of benzene rings is 1. The maximum atomic E-state index is 13.9. The summed E-state index contributed by atoms with van der Waals surface area (Å²) in [6.07, 6.45) is -0.537. The minimum atomic E-state index is -1.02. The minimum absolute atomic E-state index is 0.0862. The second-order valence-electron chi connectivity index (χ2n) is 7.21. The lowest BCUT2D eigenvalue weighted by molar-refractivity contribution is -0.135. The van der Waals surface area contributed by atoms with Gasteiger partial charge in [0, 0.05) is 7.05 Å². The van der Waals surface area contributed by atoms with Crippen molar-refractivity contribution in [1.82, 2.24) is 4.90 Å². The van der Waals surface area contributed by atoms with E-state index in [0.717, 1.165) is 0 Å². The van der Waals surface area contributed by atoms with Gasteiger partial charge in [-0.2, -0.15) is 0 Å². The third kappa shape index (κ3) is 2.72. The topological polar surface area (TPSA) is 72.9 Å². The van der Waals surface area contributed by atoms with Crippen molar-refractivity contribution in [2.75, 3.05) is 14.2 Å². The van der Waals surface area contributed by atoms with Crippen molar-refractivity contribution < 1.29 is 28.2 Å². The summed E-state index contributed by atoms with van der Waals surface area (Å²) in [7, 11) is 2.91. The number of ether oxygens (including phenoxy) is 2. The van der Waals surface area contributed by atoms with Crippen LogP contribution in [0.15, 0.2) is 35.6 Å². The van der Waals surface area contributed by atoms with Crippen molar-refractivity contribution in [3.05, 3.63) is 46.7 Å². The standard InChI is InChI=1S/C20H20FNO5/c1-22-16(10-3-5-11(6-4-10)20(25)26-2)15-17(23)13-9-12(21)7-8-14(13)27-18(15)19(22)24/h3-6,12-14,16H,7-9H2,1-2H3. The number of carbonyl (C=O) groups is 3. The molecular weight excluding hydrogens is 353 g/mol. The average Bonchev–Trinajstić information content (AvgIpc) is 2.93. The first kappa shape index (κ1) is 17.7. The van der Waals surface area contributed by atoms with E-state index in [1.54, 1.807) is 31.3 Å². The number of esters is 1. The normalized spacial score (nSPS) is 30.0. The molecule has 1 aromatic carbocycles. The van der Waals surface area contributed by atoms with E-state index in [0.29, 0.717) is 29.5 Å². The molecule has 1 aliphatic carbocycles. The molecule has 1 fully saturated rings. The molecule has 1 saturated carbocycles. The predicted molar refractivity (Wildman–Crippen MR) is 92.4 cm³/mol. The molecule has 2 heterocycles. The summed E-state index contributed by atoms with van der Waals surface area (Å²) in [5.41, 5.74) is 1.36. The van der Waals surface area contributed by atoms with Gasteiger partial charge in [-0.25, -0.2) is 9.18 Å². The number of Topliss-reactive ketones (excluding diaryl/α,β-unsaturated/α-hetero) is 1. The van der Waals surface area contributed by atoms with Gasteiger partial charge in [0.1, 0.15) is 12.3 Å². The van der Waals surface area contributed by atoms with Crippen LogP contribution in [0.1, 0.15) is 41.2 Å². The Bertz CT molecular complexity index is 846. The van der Waals surface area contributed by atoms with Crippen LogP contribution in [0.5, 0.6) is 0 Å². The maximum absolute atomic E-state index is 13.9. The molecule has 3 aliphatic rings. The predicted octanol–water partition coefficient (Wildman–Crippen LogP) is 2.35. The Balaban J connectivity index is 1.71. The van der Waals surface area contributed by atoms with Crippen molar-refractivity contribution in [3.8, 4) is 0 Å². The highest BCUT2D eigenvalue weighted by Crippen LogP contribution is 2.46. The third-order valence-corrected chi connectivity index (χ3v) is 5.66. The number of hydrogen-bond acceptors (Lipinski definition) is 5. The number of alkyl halides is 1. The Morgan fingerprint density at radius 1 is 1.22 bits per heavy atom. The first-order valence-electron chi connectivity index (χ1n) is 8.97. The number of rotatable bonds is 2. The fourth-order valence-corrected chi connectivity index (χ4v) is 4.24. The highest BCUT2D eigenvalue weighted by Gasteiger charge is 2.51. The Kier molecular flexibility index (Phi) is 4.25. The van der Waals surface area contributed by atoms with Crippen molar-refractivity contribution in [2.45, 2.75) is 37.6 Å². The zero-order chi connectivity index (χ0) is 19.3. The van der Waals surface area contributed by atoms with Gasteiger partial charge < -0.3 is 14.4 Å². The summed E-state index contributed by atoms with van der Waals surface area (Å²) >= 11 is 0. The summed E-state index contributed by atoms with van der Waals surface area (Å²) in [5, 5.41) is 0. The lowest BCUT2D eigenvalue weighted by atomic mass is 9.77. The van der Waals surface area contributed by atoms with Crippen molar-refractivity contribution in [1.29, 1.82) is 0 Å². The Morgan fingerprint density at radius 2 is 1.93 bits per heavy atom. The molecule has 1 amide bonds. The van der Waals surface area contributed by atoms with Gasteiger partial charge in [0.15, 0.2) is 11.5 Å². The summed E-state index contributed by atoms with van der Waals surface area (Å²) in [4.78, 5) is 38.9. The van der Waals surface area contributed by atoms with Gasteiger partial charge in [-0.15, -0.1) is 0 Å². The van der Waals surface area contributed by atoms with Crippen LogP contribution in [0.4, 0.5) is 4.39 Å². The van der Waals surface area contributed by atoms with Crippen LogP contribution in [-0.2, 0) is 19.1 Å². The van der Waals surface area contributed by atoms with Crippen LogP contribution in [-0.4, -0.2) is 49.0 Å². The van der Waals surface area contributed by atoms with Crippen LogP contribution in [0.2, 0.25) is 0 Å². The molecule has 2 aliphatic heterocycles. The summed E-state index contributed by atoms with van der Waals surface area (Å²) in [6.45, 7) is 0. The molecule has 0 N–H and O–H groups in total. The molecule has 142 valence electrons. The fraction of sp³-hybridized carbons (Fsp3) is 0.450. The number of fused-ring (bicyclic) bond motifs is 1. The minimum Gasteiger partial charge on any atom is -0.483 e. The number of ketones is 1. The van der Waals surface area contributed by atoms with Crippen molar-refractivity contribution >= 4 is 17.7 Å². The van der Waals surface area contributed by atoms with Crippen LogP contribution in [0, 0.1) is 5.92 Å². The molecular formula is C20H20FNO5. The molecule has 4 atom stereocenters. The molecule has 7 heteroatoms. The molecule has 4 rings (SSSR count). The number of halogens is 1. The zero-order valence-corrected chi connectivity index (χ0v) is 15.1. The van der Waals surface area contributed by atoms with E-state index in [4.69, 9.17) is 4.74 Å². The number of amides is 1. The second kappa shape index (κ2) is 6.48. The Morgan fingerprint density at radius 3 is 2.59 bits per heavy atom. The van der Waals surface area contributed by atoms with E-state index in [1.165, 1.54) is 12.0 Å². The van der Waals surface area contributed by atoms with Gasteiger partial charge in [-0.05, 0) is 37.0 Å². The molecule has 0 bridgehead atoms. The number of nitrogens with zero attached hydrogens (tertiary/aromatic N) is 1. The molecule has 1 aromatic rings. The Labute approximate surface area is 155 Å².